The number of hydrogen-bond acceptors (Lipinski definition) is 4. The van der Waals surface area contributed by atoms with Crippen molar-refractivity contribution in [3.8, 4) is 0 Å². The van der Waals surface area contributed by atoms with E-state index in [1.165, 1.54) is 4.90 Å². The van der Waals surface area contributed by atoms with Gasteiger partial charge in [0.25, 0.3) is 11.8 Å². The fourth-order valence-electron chi connectivity index (χ4n) is 5.58. The van der Waals surface area contributed by atoms with Crippen LogP contribution in [0.1, 0.15) is 69.2 Å². The van der Waals surface area contributed by atoms with Crippen LogP contribution in [-0.4, -0.2) is 58.7 Å². The molecule has 1 spiro atoms. The quantitative estimate of drug-likeness (QED) is 0.666. The maximum atomic E-state index is 13.2. The van der Waals surface area contributed by atoms with Crippen LogP contribution in [0, 0.1) is 11.8 Å². The molecule has 3 fully saturated rings. The molecular weight excluding hydrogens is 420 g/mol. The number of benzene rings is 1. The van der Waals surface area contributed by atoms with E-state index in [1.54, 1.807) is 24.3 Å². The number of likely N-dealkylation sites (tertiary alicyclic amines) is 1. The average Bonchev–Trinajstić information content (AvgIpc) is 3.00. The summed E-state index contributed by atoms with van der Waals surface area (Å²) in [5.74, 6) is 0.245. The zero-order valence-electron chi connectivity index (χ0n) is 19.6. The van der Waals surface area contributed by atoms with Gasteiger partial charge in [-0.25, -0.2) is 4.79 Å². The average molecular weight is 455 g/mol. The number of nitrogens with zero attached hydrogens (tertiary/aromatic N) is 2. The van der Waals surface area contributed by atoms with Crippen LogP contribution in [0.5, 0.6) is 0 Å². The topological polar surface area (TPSA) is 98.8 Å². The van der Waals surface area contributed by atoms with Crippen LogP contribution in [-0.2, 0) is 9.59 Å². The lowest BCUT2D eigenvalue weighted by atomic mass is 9.82. The third-order valence-corrected chi connectivity index (χ3v) is 7.10. The van der Waals surface area contributed by atoms with E-state index < -0.39 is 11.6 Å². The largest absolute Gasteiger partial charge is 0.338 e. The fourth-order valence-corrected chi connectivity index (χ4v) is 5.58. The van der Waals surface area contributed by atoms with E-state index in [4.69, 9.17) is 0 Å². The third kappa shape index (κ3) is 4.89. The summed E-state index contributed by atoms with van der Waals surface area (Å²) < 4.78 is 0. The summed E-state index contributed by atoms with van der Waals surface area (Å²) >= 11 is 0. The maximum absolute atomic E-state index is 13.2. The molecule has 1 saturated carbocycles. The second kappa shape index (κ2) is 9.53. The molecule has 33 heavy (non-hydrogen) atoms. The van der Waals surface area contributed by atoms with Gasteiger partial charge in [-0.05, 0) is 43.2 Å². The second-order valence-corrected chi connectivity index (χ2v) is 10.0. The third-order valence-electron chi connectivity index (χ3n) is 7.10. The van der Waals surface area contributed by atoms with Crippen molar-refractivity contribution in [1.82, 2.24) is 15.1 Å². The van der Waals surface area contributed by atoms with E-state index in [1.807, 2.05) is 4.90 Å². The molecule has 1 aromatic rings. The van der Waals surface area contributed by atoms with Crippen molar-refractivity contribution in [2.75, 3.05) is 25.0 Å². The minimum atomic E-state index is -0.784. The number of amides is 5. The summed E-state index contributed by atoms with van der Waals surface area (Å²) in [4.78, 5) is 54.2. The number of hydrogen-bond donors (Lipinski definition) is 2. The molecule has 2 saturated heterocycles. The number of nitrogens with one attached hydrogen (secondary N) is 2. The molecule has 2 N–H and O–H groups in total. The molecule has 0 bridgehead atoms. The van der Waals surface area contributed by atoms with Crippen molar-refractivity contribution in [3.05, 3.63) is 29.8 Å². The van der Waals surface area contributed by atoms with Gasteiger partial charge in [0.15, 0.2) is 0 Å². The van der Waals surface area contributed by atoms with Gasteiger partial charge < -0.3 is 15.5 Å². The van der Waals surface area contributed by atoms with Crippen LogP contribution in [0.2, 0.25) is 0 Å². The predicted molar refractivity (Wildman–Crippen MR) is 125 cm³/mol. The van der Waals surface area contributed by atoms with Gasteiger partial charge in [-0.1, -0.05) is 45.2 Å². The molecule has 0 radical (unpaired) electrons. The van der Waals surface area contributed by atoms with Gasteiger partial charge in [0, 0.05) is 26.1 Å². The Hall–Kier alpha value is -2.90. The van der Waals surface area contributed by atoms with E-state index in [9.17, 15) is 19.2 Å². The number of rotatable bonds is 5. The Bertz CT molecular complexity index is 930. The van der Waals surface area contributed by atoms with Gasteiger partial charge in [0.2, 0.25) is 5.91 Å². The first-order chi connectivity index (χ1) is 15.8. The Morgan fingerprint density at radius 3 is 2.42 bits per heavy atom. The molecule has 178 valence electrons. The molecule has 2 aliphatic heterocycles. The highest BCUT2D eigenvalue weighted by atomic mass is 16.2. The second-order valence-electron chi connectivity index (χ2n) is 10.0. The Balaban J connectivity index is 1.38. The van der Waals surface area contributed by atoms with Gasteiger partial charge in [0.05, 0.1) is 11.3 Å². The Kier molecular flexibility index (Phi) is 6.72. The van der Waals surface area contributed by atoms with Crippen LogP contribution in [0.4, 0.5) is 10.5 Å². The van der Waals surface area contributed by atoms with Gasteiger partial charge in [-0.3, -0.25) is 19.3 Å². The molecular formula is C25H34N4O4. The lowest BCUT2D eigenvalue weighted by Crippen LogP contribution is -2.48. The lowest BCUT2D eigenvalue weighted by Gasteiger charge is -2.35. The molecule has 0 aromatic heterocycles. The first kappa shape index (κ1) is 23.3. The van der Waals surface area contributed by atoms with E-state index in [0.717, 1.165) is 25.7 Å². The van der Waals surface area contributed by atoms with Crippen LogP contribution in [0.15, 0.2) is 24.3 Å². The number of anilines is 1. The molecule has 3 aliphatic rings. The van der Waals surface area contributed by atoms with E-state index in [0.29, 0.717) is 49.0 Å². The van der Waals surface area contributed by atoms with Crippen LogP contribution in [0.25, 0.3) is 0 Å². The van der Waals surface area contributed by atoms with Crippen molar-refractivity contribution in [1.29, 1.82) is 0 Å². The molecule has 8 heteroatoms. The number of imide groups is 1. The van der Waals surface area contributed by atoms with Crippen LogP contribution in [0.3, 0.4) is 0 Å². The summed E-state index contributed by atoms with van der Waals surface area (Å²) in [5, 5.41) is 5.69. The van der Waals surface area contributed by atoms with Crippen molar-refractivity contribution < 1.29 is 19.2 Å². The molecule has 2 unspecified atom stereocenters. The highest BCUT2D eigenvalue weighted by Gasteiger charge is 2.51. The number of para-hydroxylation sites is 1. The molecule has 2 heterocycles. The maximum Gasteiger partial charge on any atom is 0.325 e. The van der Waals surface area contributed by atoms with E-state index >= 15 is 0 Å². The van der Waals surface area contributed by atoms with Crippen LogP contribution < -0.4 is 10.6 Å². The number of urea groups is 1. The molecule has 1 aromatic carbocycles. The van der Waals surface area contributed by atoms with Crippen molar-refractivity contribution >= 4 is 29.4 Å². The van der Waals surface area contributed by atoms with Crippen molar-refractivity contribution in [2.24, 2.45) is 11.8 Å². The predicted octanol–water partition coefficient (Wildman–Crippen LogP) is 3.39. The Morgan fingerprint density at radius 2 is 1.73 bits per heavy atom. The first-order valence-electron chi connectivity index (χ1n) is 12.1. The smallest absolute Gasteiger partial charge is 0.325 e. The number of piperidine rings is 1. The number of carbonyl (C=O) groups is 4. The highest BCUT2D eigenvalue weighted by molar-refractivity contribution is 6.08. The van der Waals surface area contributed by atoms with Gasteiger partial charge in [0.1, 0.15) is 5.54 Å². The summed E-state index contributed by atoms with van der Waals surface area (Å²) in [6.07, 6.45) is 5.30. The lowest BCUT2D eigenvalue weighted by molar-refractivity contribution is -0.132. The van der Waals surface area contributed by atoms with Crippen molar-refractivity contribution in [3.63, 3.8) is 0 Å². The molecule has 8 nitrogen and oxygen atoms in total. The minimum Gasteiger partial charge on any atom is -0.338 e. The summed E-state index contributed by atoms with van der Waals surface area (Å²) in [5.41, 5.74) is 0.135. The van der Waals surface area contributed by atoms with Gasteiger partial charge in [-0.15, -0.1) is 0 Å². The summed E-state index contributed by atoms with van der Waals surface area (Å²) in [7, 11) is 0. The zero-order chi connectivity index (χ0) is 23.6. The normalized spacial score (nSPS) is 24.7. The molecule has 5 amide bonds. The SMILES string of the molecule is CC1CC(C)CN(C(=O)c2ccccc2NC(=O)CCN2C(=O)NC3(CCCCC3)C2=O)C1. The van der Waals surface area contributed by atoms with Crippen molar-refractivity contribution in [2.45, 2.75) is 64.3 Å². The first-order valence-corrected chi connectivity index (χ1v) is 12.1. The highest BCUT2D eigenvalue weighted by Crippen LogP contribution is 2.33. The Labute approximate surface area is 195 Å². The molecule has 1 aliphatic carbocycles. The molecule has 4 rings (SSSR count). The monoisotopic (exact) mass is 454 g/mol. The van der Waals surface area contributed by atoms with Gasteiger partial charge >= 0.3 is 6.03 Å². The summed E-state index contributed by atoms with van der Waals surface area (Å²) in [6, 6.07) is 6.59. The van der Waals surface area contributed by atoms with E-state index in [2.05, 4.69) is 24.5 Å². The zero-order valence-corrected chi connectivity index (χ0v) is 19.6. The Morgan fingerprint density at radius 1 is 1.06 bits per heavy atom. The number of carbonyl (C=O) groups excluding carboxylic acids is 4. The minimum absolute atomic E-state index is 0.0183. The fraction of sp³-hybridized carbons (Fsp3) is 0.600. The molecule has 2 atom stereocenters. The standard InChI is InChI=1S/C25H34N4O4/c1-17-14-18(2)16-28(15-17)22(31)19-8-4-5-9-20(19)26-21(30)10-13-29-23(32)25(27-24(29)33)11-6-3-7-12-25/h4-5,8-9,17-18H,3,6-7,10-16H2,1-2H3,(H,26,30)(H,27,33). The van der Waals surface area contributed by atoms with Crippen LogP contribution >= 0.6 is 0 Å². The van der Waals surface area contributed by atoms with Gasteiger partial charge in [-0.2, -0.15) is 0 Å². The summed E-state index contributed by atoms with van der Waals surface area (Å²) in [6.45, 7) is 5.74. The van der Waals surface area contributed by atoms with E-state index in [-0.39, 0.29) is 30.7 Å².